The van der Waals surface area contributed by atoms with E-state index >= 15 is 0 Å². The molecule has 0 radical (unpaired) electrons. The van der Waals surface area contributed by atoms with E-state index in [1.807, 2.05) is 11.8 Å². The van der Waals surface area contributed by atoms with Crippen LogP contribution in [0.2, 0.25) is 0 Å². The van der Waals surface area contributed by atoms with Crippen LogP contribution in [0.4, 0.5) is 5.69 Å². The van der Waals surface area contributed by atoms with Crippen LogP contribution in [0, 0.1) is 6.92 Å². The maximum absolute atomic E-state index is 11.8. The summed E-state index contributed by atoms with van der Waals surface area (Å²) in [4.78, 5) is 13.6. The molecule has 1 aromatic rings. The summed E-state index contributed by atoms with van der Waals surface area (Å²) in [5, 5.41) is 4.17. The van der Waals surface area contributed by atoms with Gasteiger partial charge in [0.2, 0.25) is 5.91 Å². The van der Waals surface area contributed by atoms with E-state index in [2.05, 4.69) is 5.10 Å². The van der Waals surface area contributed by atoms with Gasteiger partial charge in [0.05, 0.1) is 11.4 Å². The van der Waals surface area contributed by atoms with E-state index in [-0.39, 0.29) is 5.91 Å². The quantitative estimate of drug-likeness (QED) is 0.765. The summed E-state index contributed by atoms with van der Waals surface area (Å²) in [5.41, 5.74) is 7.09. The summed E-state index contributed by atoms with van der Waals surface area (Å²) in [5.74, 6) is 0.134. The van der Waals surface area contributed by atoms with Crippen LogP contribution in [-0.4, -0.2) is 33.7 Å². The van der Waals surface area contributed by atoms with Gasteiger partial charge >= 0.3 is 0 Å². The molecule has 0 atom stereocenters. The number of nitrogen functional groups attached to an aromatic ring is 1. The predicted molar refractivity (Wildman–Crippen MR) is 57.2 cm³/mol. The normalized spacial score (nSPS) is 15.9. The molecule has 0 bridgehead atoms. The number of anilines is 1. The zero-order valence-electron chi connectivity index (χ0n) is 8.94. The van der Waals surface area contributed by atoms with Crippen molar-refractivity contribution in [2.45, 2.75) is 26.3 Å². The molecule has 1 aromatic heterocycles. The molecule has 82 valence electrons. The fourth-order valence-corrected chi connectivity index (χ4v) is 1.82. The molecule has 1 aliphatic rings. The van der Waals surface area contributed by atoms with Crippen LogP contribution in [0.3, 0.4) is 0 Å². The van der Waals surface area contributed by atoms with Gasteiger partial charge in [0.15, 0.2) is 0 Å². The Morgan fingerprint density at radius 3 is 2.73 bits per heavy atom. The largest absolute Gasteiger partial charge is 0.396 e. The molecule has 1 fully saturated rings. The van der Waals surface area contributed by atoms with Crippen LogP contribution in [0.25, 0.3) is 0 Å². The van der Waals surface area contributed by atoms with Crippen molar-refractivity contribution in [3.63, 3.8) is 0 Å². The summed E-state index contributed by atoms with van der Waals surface area (Å²) in [7, 11) is 0. The van der Waals surface area contributed by atoms with E-state index in [9.17, 15) is 4.79 Å². The minimum atomic E-state index is 0.134. The molecule has 2 rings (SSSR count). The number of aryl methyl sites for hydroxylation is 1. The van der Waals surface area contributed by atoms with Crippen molar-refractivity contribution in [2.75, 3.05) is 18.8 Å². The molecular weight excluding hydrogens is 192 g/mol. The molecule has 0 aromatic carbocycles. The number of carbonyl (C=O) groups excluding carboxylic acids is 1. The highest BCUT2D eigenvalue weighted by atomic mass is 16.2. The molecule has 15 heavy (non-hydrogen) atoms. The van der Waals surface area contributed by atoms with E-state index in [1.165, 1.54) is 0 Å². The highest BCUT2D eigenvalue weighted by Crippen LogP contribution is 2.10. The van der Waals surface area contributed by atoms with Crippen molar-refractivity contribution in [3.05, 3.63) is 11.9 Å². The number of amides is 1. The van der Waals surface area contributed by atoms with Gasteiger partial charge in [0.25, 0.3) is 0 Å². The van der Waals surface area contributed by atoms with Crippen molar-refractivity contribution in [2.24, 2.45) is 0 Å². The Bertz CT molecular complexity index is 346. The molecule has 0 spiro atoms. The minimum absolute atomic E-state index is 0.134. The lowest BCUT2D eigenvalue weighted by Gasteiger charge is -2.14. The van der Waals surface area contributed by atoms with Gasteiger partial charge in [-0.1, -0.05) is 0 Å². The molecular formula is C10H16N4O. The number of hydrogen-bond acceptors (Lipinski definition) is 3. The third-order valence-electron chi connectivity index (χ3n) is 2.74. The Morgan fingerprint density at radius 1 is 1.53 bits per heavy atom. The molecule has 2 N–H and O–H groups in total. The fraction of sp³-hybridized carbons (Fsp3) is 0.600. The third kappa shape index (κ3) is 2.11. The van der Waals surface area contributed by atoms with Gasteiger partial charge in [0, 0.05) is 19.3 Å². The maximum Gasteiger partial charge on any atom is 0.244 e. The molecule has 1 amide bonds. The summed E-state index contributed by atoms with van der Waals surface area (Å²) >= 11 is 0. The Hall–Kier alpha value is -1.52. The number of likely N-dealkylation sites (tertiary alicyclic amines) is 1. The Morgan fingerprint density at radius 2 is 2.20 bits per heavy atom. The second-order valence-electron chi connectivity index (χ2n) is 3.96. The van der Waals surface area contributed by atoms with Crippen molar-refractivity contribution >= 4 is 11.6 Å². The van der Waals surface area contributed by atoms with Gasteiger partial charge in [-0.25, -0.2) is 0 Å². The number of nitrogens with two attached hydrogens (primary N) is 1. The third-order valence-corrected chi connectivity index (χ3v) is 2.74. The summed E-state index contributed by atoms with van der Waals surface area (Å²) in [6, 6.07) is 0. The van der Waals surface area contributed by atoms with Crippen LogP contribution in [0.1, 0.15) is 18.5 Å². The Kier molecular flexibility index (Phi) is 2.62. The molecule has 1 aliphatic heterocycles. The van der Waals surface area contributed by atoms with Gasteiger partial charge < -0.3 is 10.6 Å². The zero-order valence-corrected chi connectivity index (χ0v) is 8.94. The second-order valence-corrected chi connectivity index (χ2v) is 3.96. The van der Waals surface area contributed by atoms with Gasteiger partial charge in [0.1, 0.15) is 6.54 Å². The first-order valence-electron chi connectivity index (χ1n) is 5.24. The van der Waals surface area contributed by atoms with Gasteiger partial charge in [-0.05, 0) is 19.8 Å². The minimum Gasteiger partial charge on any atom is -0.396 e. The van der Waals surface area contributed by atoms with Crippen LogP contribution < -0.4 is 5.73 Å². The first kappa shape index (κ1) is 10.0. The lowest BCUT2D eigenvalue weighted by molar-refractivity contribution is -0.130. The van der Waals surface area contributed by atoms with E-state index in [4.69, 9.17) is 5.73 Å². The number of hydrogen-bond donors (Lipinski definition) is 1. The Labute approximate surface area is 88.8 Å². The average Bonchev–Trinajstić information content (AvgIpc) is 2.77. The SMILES string of the molecule is Cc1nn(CC(=O)N2CCCC2)cc1N. The van der Waals surface area contributed by atoms with Gasteiger partial charge in [-0.3, -0.25) is 9.48 Å². The van der Waals surface area contributed by atoms with Crippen molar-refractivity contribution < 1.29 is 4.79 Å². The zero-order chi connectivity index (χ0) is 10.8. The first-order valence-corrected chi connectivity index (χ1v) is 5.24. The highest BCUT2D eigenvalue weighted by molar-refractivity contribution is 5.76. The van der Waals surface area contributed by atoms with Crippen LogP contribution in [-0.2, 0) is 11.3 Å². The van der Waals surface area contributed by atoms with Crippen LogP contribution in [0.15, 0.2) is 6.20 Å². The van der Waals surface area contributed by atoms with Gasteiger partial charge in [-0.2, -0.15) is 5.10 Å². The van der Waals surface area contributed by atoms with Crippen LogP contribution in [0.5, 0.6) is 0 Å². The number of rotatable bonds is 2. The van der Waals surface area contributed by atoms with E-state index < -0.39 is 0 Å². The topological polar surface area (TPSA) is 64.2 Å². The van der Waals surface area contributed by atoms with Crippen molar-refractivity contribution in [1.82, 2.24) is 14.7 Å². The smallest absolute Gasteiger partial charge is 0.244 e. The lowest BCUT2D eigenvalue weighted by Crippen LogP contribution is -2.31. The second kappa shape index (κ2) is 3.92. The highest BCUT2D eigenvalue weighted by Gasteiger charge is 2.18. The van der Waals surface area contributed by atoms with Crippen molar-refractivity contribution in [3.8, 4) is 0 Å². The summed E-state index contributed by atoms with van der Waals surface area (Å²) < 4.78 is 1.62. The summed E-state index contributed by atoms with van der Waals surface area (Å²) in [6.45, 7) is 3.91. The van der Waals surface area contributed by atoms with E-state index in [0.29, 0.717) is 12.2 Å². The van der Waals surface area contributed by atoms with Crippen LogP contribution >= 0.6 is 0 Å². The first-order chi connectivity index (χ1) is 7.16. The van der Waals surface area contributed by atoms with E-state index in [1.54, 1.807) is 10.9 Å². The standard InChI is InChI=1S/C10H16N4O/c1-8-9(11)6-14(12-8)7-10(15)13-4-2-3-5-13/h6H,2-5,7,11H2,1H3. The lowest BCUT2D eigenvalue weighted by atomic mass is 10.4. The molecule has 5 heteroatoms. The average molecular weight is 208 g/mol. The summed E-state index contributed by atoms with van der Waals surface area (Å²) in [6.07, 6.45) is 3.95. The maximum atomic E-state index is 11.8. The van der Waals surface area contributed by atoms with Gasteiger partial charge in [-0.15, -0.1) is 0 Å². The monoisotopic (exact) mass is 208 g/mol. The fourth-order valence-electron chi connectivity index (χ4n) is 1.82. The van der Waals surface area contributed by atoms with Crippen molar-refractivity contribution in [1.29, 1.82) is 0 Å². The molecule has 5 nitrogen and oxygen atoms in total. The molecule has 0 unspecified atom stereocenters. The Balaban J connectivity index is 1.99. The predicted octanol–water partition coefficient (Wildman–Crippen LogP) is 0.396. The number of carbonyl (C=O) groups is 1. The molecule has 2 heterocycles. The molecule has 0 aliphatic carbocycles. The molecule has 0 saturated carbocycles. The number of nitrogens with zero attached hydrogens (tertiary/aromatic N) is 3. The van der Waals surface area contributed by atoms with E-state index in [0.717, 1.165) is 31.6 Å². The molecule has 1 saturated heterocycles. The number of aromatic nitrogens is 2.